The maximum atomic E-state index is 12.6. The van der Waals surface area contributed by atoms with E-state index in [0.29, 0.717) is 36.0 Å². The van der Waals surface area contributed by atoms with E-state index in [1.54, 1.807) is 37.3 Å². The van der Waals surface area contributed by atoms with E-state index in [9.17, 15) is 9.59 Å². The Hall–Kier alpha value is -2.38. The predicted molar refractivity (Wildman–Crippen MR) is 107 cm³/mol. The second-order valence-corrected chi connectivity index (χ2v) is 7.35. The van der Waals surface area contributed by atoms with Gasteiger partial charge in [0.25, 0.3) is 5.91 Å². The van der Waals surface area contributed by atoms with E-state index >= 15 is 0 Å². The molecule has 142 valence electrons. The van der Waals surface area contributed by atoms with Crippen LogP contribution >= 0.6 is 22.9 Å². The maximum Gasteiger partial charge on any atom is 0.330 e. The van der Waals surface area contributed by atoms with E-state index in [0.717, 1.165) is 11.6 Å². The number of hydrogen-bond donors (Lipinski definition) is 1. The number of rotatable bonds is 6. The Morgan fingerprint density at radius 3 is 2.93 bits per heavy atom. The van der Waals surface area contributed by atoms with Crippen molar-refractivity contribution in [3.63, 3.8) is 0 Å². The van der Waals surface area contributed by atoms with Crippen LogP contribution < -0.4 is 5.32 Å². The van der Waals surface area contributed by atoms with Gasteiger partial charge >= 0.3 is 5.97 Å². The molecule has 1 aliphatic heterocycles. The first-order valence-electron chi connectivity index (χ1n) is 8.67. The summed E-state index contributed by atoms with van der Waals surface area (Å²) >= 11 is 7.34. The van der Waals surface area contributed by atoms with Crippen molar-refractivity contribution >= 4 is 46.0 Å². The average Bonchev–Trinajstić information content (AvgIpc) is 3.30. The lowest BCUT2D eigenvalue weighted by atomic mass is 10.2. The molecule has 0 radical (unpaired) electrons. The van der Waals surface area contributed by atoms with E-state index in [1.165, 1.54) is 17.4 Å². The lowest BCUT2D eigenvalue weighted by Gasteiger charge is -2.17. The van der Waals surface area contributed by atoms with E-state index in [4.69, 9.17) is 16.3 Å². The van der Waals surface area contributed by atoms with Gasteiger partial charge in [-0.3, -0.25) is 4.79 Å². The first kappa shape index (κ1) is 19.4. The molecule has 1 fully saturated rings. The molecule has 0 saturated carbocycles. The molecule has 1 amide bonds. The van der Waals surface area contributed by atoms with Crippen LogP contribution in [0.4, 0.5) is 5.13 Å². The van der Waals surface area contributed by atoms with Crippen molar-refractivity contribution in [1.82, 2.24) is 9.88 Å². The van der Waals surface area contributed by atoms with Crippen molar-refractivity contribution in [3.05, 3.63) is 52.0 Å². The molecule has 6 nitrogen and oxygen atoms in total. The molecule has 0 spiro atoms. The molecule has 0 bridgehead atoms. The molecule has 2 heterocycles. The van der Waals surface area contributed by atoms with Gasteiger partial charge in [-0.2, -0.15) is 0 Å². The van der Waals surface area contributed by atoms with Crippen molar-refractivity contribution in [1.29, 1.82) is 0 Å². The average molecular weight is 406 g/mol. The lowest BCUT2D eigenvalue weighted by Crippen LogP contribution is -2.31. The highest BCUT2D eigenvalue weighted by atomic mass is 35.5. The molecule has 1 N–H and O–H groups in total. The molecule has 27 heavy (non-hydrogen) atoms. The molecule has 1 aromatic heterocycles. The number of ether oxygens (including phenoxy) is 1. The molecule has 3 rings (SSSR count). The first-order valence-corrected chi connectivity index (χ1v) is 9.92. The largest absolute Gasteiger partial charge is 0.463 e. The Balaban J connectivity index is 1.53. The number of amides is 1. The van der Waals surface area contributed by atoms with Gasteiger partial charge in [0.1, 0.15) is 0 Å². The third-order valence-corrected chi connectivity index (χ3v) is 5.14. The molecule has 1 aromatic carbocycles. The fourth-order valence-electron chi connectivity index (χ4n) is 2.78. The van der Waals surface area contributed by atoms with Gasteiger partial charge < -0.3 is 15.0 Å². The minimum absolute atomic E-state index is 0.00756. The first-order chi connectivity index (χ1) is 13.0. The number of halogens is 1. The highest BCUT2D eigenvalue weighted by Crippen LogP contribution is 2.22. The number of thiazole rings is 1. The van der Waals surface area contributed by atoms with E-state index in [-0.39, 0.29) is 17.9 Å². The molecule has 1 atom stereocenters. The second-order valence-electron chi connectivity index (χ2n) is 6.05. The second kappa shape index (κ2) is 9.01. The molecule has 0 aliphatic carbocycles. The van der Waals surface area contributed by atoms with Crippen LogP contribution in [0.2, 0.25) is 5.02 Å². The summed E-state index contributed by atoms with van der Waals surface area (Å²) in [5.41, 5.74) is 1.34. The summed E-state index contributed by atoms with van der Waals surface area (Å²) in [6.45, 7) is 3.42. The van der Waals surface area contributed by atoms with Crippen molar-refractivity contribution in [2.24, 2.45) is 0 Å². The molecule has 1 saturated heterocycles. The summed E-state index contributed by atoms with van der Waals surface area (Å²) in [5.74, 6) is -0.375. The van der Waals surface area contributed by atoms with Gasteiger partial charge in [0, 0.05) is 41.2 Å². The normalized spacial score (nSPS) is 16.7. The number of anilines is 1. The Labute approximate surface area is 166 Å². The minimum atomic E-state index is -0.382. The molecule has 2 aromatic rings. The number of nitrogens with zero attached hydrogens (tertiary/aromatic N) is 2. The smallest absolute Gasteiger partial charge is 0.330 e. The van der Waals surface area contributed by atoms with E-state index < -0.39 is 0 Å². The zero-order valence-corrected chi connectivity index (χ0v) is 16.4. The minimum Gasteiger partial charge on any atom is -0.463 e. The molecule has 1 aliphatic rings. The number of carbonyl (C=O) groups is 2. The Morgan fingerprint density at radius 1 is 1.41 bits per heavy atom. The monoisotopic (exact) mass is 405 g/mol. The number of benzene rings is 1. The van der Waals surface area contributed by atoms with Gasteiger partial charge in [0.15, 0.2) is 5.13 Å². The van der Waals surface area contributed by atoms with Gasteiger partial charge in [-0.25, -0.2) is 9.78 Å². The van der Waals surface area contributed by atoms with Crippen molar-refractivity contribution in [2.75, 3.05) is 25.0 Å². The summed E-state index contributed by atoms with van der Waals surface area (Å²) in [6, 6.07) is 7.08. The van der Waals surface area contributed by atoms with Crippen molar-refractivity contribution in [2.45, 2.75) is 19.4 Å². The zero-order valence-electron chi connectivity index (χ0n) is 14.9. The topological polar surface area (TPSA) is 71.5 Å². The van der Waals surface area contributed by atoms with Gasteiger partial charge in [-0.15, -0.1) is 11.3 Å². The maximum absolute atomic E-state index is 12.6. The van der Waals surface area contributed by atoms with Crippen molar-refractivity contribution < 1.29 is 14.3 Å². The van der Waals surface area contributed by atoms with Gasteiger partial charge in [-0.05, 0) is 43.7 Å². The summed E-state index contributed by atoms with van der Waals surface area (Å²) < 4.78 is 4.84. The van der Waals surface area contributed by atoms with Crippen LogP contribution in [0.1, 0.15) is 29.4 Å². The molecule has 8 heteroatoms. The van der Waals surface area contributed by atoms with Gasteiger partial charge in [-0.1, -0.05) is 11.6 Å². The predicted octanol–water partition coefficient (Wildman–Crippen LogP) is 3.70. The fourth-order valence-corrected chi connectivity index (χ4v) is 3.67. The Bertz CT molecular complexity index is 835. The SMILES string of the molecule is CCOC(=O)/C=C/c1csc(NC2CCN(C(=O)c3ccc(Cl)cc3)C2)n1. The molecular weight excluding hydrogens is 386 g/mol. The third-order valence-electron chi connectivity index (χ3n) is 4.09. The van der Waals surface area contributed by atoms with E-state index in [2.05, 4.69) is 10.3 Å². The summed E-state index contributed by atoms with van der Waals surface area (Å²) in [6.07, 6.45) is 3.85. The number of aromatic nitrogens is 1. The Morgan fingerprint density at radius 2 is 2.19 bits per heavy atom. The molecule has 1 unspecified atom stereocenters. The van der Waals surface area contributed by atoms with Crippen molar-refractivity contribution in [3.8, 4) is 0 Å². The van der Waals surface area contributed by atoms with Crippen LogP contribution in [0.15, 0.2) is 35.7 Å². The van der Waals surface area contributed by atoms with Crippen LogP contribution in [-0.2, 0) is 9.53 Å². The van der Waals surface area contributed by atoms with E-state index in [1.807, 2.05) is 10.3 Å². The zero-order chi connectivity index (χ0) is 19.2. The number of hydrogen-bond acceptors (Lipinski definition) is 6. The summed E-state index contributed by atoms with van der Waals surface area (Å²) in [5, 5.41) is 6.61. The van der Waals surface area contributed by atoms with Crippen LogP contribution in [0.5, 0.6) is 0 Å². The van der Waals surface area contributed by atoms with Crippen LogP contribution in [-0.4, -0.2) is 47.5 Å². The lowest BCUT2D eigenvalue weighted by molar-refractivity contribution is -0.137. The summed E-state index contributed by atoms with van der Waals surface area (Å²) in [4.78, 5) is 30.2. The summed E-state index contributed by atoms with van der Waals surface area (Å²) in [7, 11) is 0. The number of carbonyl (C=O) groups excluding carboxylic acids is 2. The quantitative estimate of drug-likeness (QED) is 0.586. The highest BCUT2D eigenvalue weighted by Gasteiger charge is 2.27. The van der Waals surface area contributed by atoms with Crippen LogP contribution in [0.3, 0.4) is 0 Å². The van der Waals surface area contributed by atoms with Crippen LogP contribution in [0, 0.1) is 0 Å². The van der Waals surface area contributed by atoms with Gasteiger partial charge in [0.2, 0.25) is 0 Å². The Kier molecular flexibility index (Phi) is 6.47. The number of likely N-dealkylation sites (tertiary alicyclic amines) is 1. The van der Waals surface area contributed by atoms with Gasteiger partial charge in [0.05, 0.1) is 12.3 Å². The molecular formula is C19H20ClN3O3S. The highest BCUT2D eigenvalue weighted by molar-refractivity contribution is 7.13. The van der Waals surface area contributed by atoms with Crippen LogP contribution in [0.25, 0.3) is 6.08 Å². The number of esters is 1. The third kappa shape index (κ3) is 5.30. The number of nitrogens with one attached hydrogen (secondary N) is 1. The standard InChI is InChI=1S/C19H20ClN3O3S/c1-2-26-17(24)8-7-16-12-27-19(22-16)21-15-9-10-23(11-15)18(25)13-3-5-14(20)6-4-13/h3-8,12,15H,2,9-11H2,1H3,(H,21,22)/b8-7+. The fraction of sp³-hybridized carbons (Fsp3) is 0.316.